The summed E-state index contributed by atoms with van der Waals surface area (Å²) in [6.45, 7) is 0. The van der Waals surface area contributed by atoms with E-state index in [1.54, 1.807) is 0 Å². The van der Waals surface area contributed by atoms with E-state index in [1.807, 2.05) is 47.1 Å². The summed E-state index contributed by atoms with van der Waals surface area (Å²) in [5.74, 6) is 0. The molecule has 0 atom stereocenters. The molecule has 4 aromatic rings. The van der Waals surface area contributed by atoms with Gasteiger partial charge in [-0.3, -0.25) is 0 Å². The number of hydrogen-bond donors (Lipinski definition) is 1. The number of nitrogens with one attached hydrogen (secondary N) is 1. The van der Waals surface area contributed by atoms with Gasteiger partial charge in [-0.1, -0.05) is 22.7 Å². The largest absolute Gasteiger partial charge is 0.245 e. The van der Waals surface area contributed by atoms with E-state index >= 15 is 0 Å². The van der Waals surface area contributed by atoms with Gasteiger partial charge in [0.15, 0.2) is 0 Å². The number of nitriles is 1. The van der Waals surface area contributed by atoms with Crippen molar-refractivity contribution in [3.8, 4) is 17.2 Å². The normalized spacial score (nSPS) is 10.8. The fourth-order valence-corrected chi connectivity index (χ4v) is 2.66. The minimum absolute atomic E-state index is 0.683. The predicted octanol–water partition coefficient (Wildman–Crippen LogP) is 3.45. The second-order valence-electron chi connectivity index (χ2n) is 5.02. The van der Waals surface area contributed by atoms with E-state index in [2.05, 4.69) is 35.4 Å². The first-order valence-corrected chi connectivity index (χ1v) is 6.78. The van der Waals surface area contributed by atoms with Crippen molar-refractivity contribution in [2.45, 2.75) is 0 Å². The van der Waals surface area contributed by atoms with Crippen LogP contribution in [0.25, 0.3) is 27.5 Å². The number of fused-ring (bicyclic) bond motifs is 3. The number of aromatic amines is 1. The standard InChI is InChI=1S/C18H11N3/c19-12-13-4-6-14(7-5-13)15-8-9-17-16(11-15)18-3-1-2-10-21(18)20-17/h1-11H/p+1. The van der Waals surface area contributed by atoms with Crippen LogP contribution in [0.3, 0.4) is 0 Å². The minimum atomic E-state index is 0.683. The summed E-state index contributed by atoms with van der Waals surface area (Å²) in [5, 5.41) is 13.4. The van der Waals surface area contributed by atoms with E-state index in [0.29, 0.717) is 5.56 Å². The van der Waals surface area contributed by atoms with Gasteiger partial charge in [-0.15, -0.1) is 0 Å². The molecule has 0 saturated carbocycles. The zero-order valence-corrected chi connectivity index (χ0v) is 11.2. The molecule has 0 saturated heterocycles. The topological polar surface area (TPSA) is 43.7 Å². The van der Waals surface area contributed by atoms with Crippen LogP contribution in [-0.4, -0.2) is 5.10 Å². The summed E-state index contributed by atoms with van der Waals surface area (Å²) in [7, 11) is 0. The molecule has 0 radical (unpaired) electrons. The quantitative estimate of drug-likeness (QED) is 0.529. The van der Waals surface area contributed by atoms with Gasteiger partial charge in [-0.05, 0) is 41.5 Å². The van der Waals surface area contributed by atoms with Crippen LogP contribution in [0.4, 0.5) is 0 Å². The maximum absolute atomic E-state index is 8.87. The molecule has 1 N–H and O–H groups in total. The lowest BCUT2D eigenvalue weighted by atomic mass is 10.0. The lowest BCUT2D eigenvalue weighted by Gasteiger charge is -2.01. The summed E-state index contributed by atoms with van der Waals surface area (Å²) in [6, 6.07) is 22.3. The zero-order valence-electron chi connectivity index (χ0n) is 11.2. The van der Waals surface area contributed by atoms with Crippen molar-refractivity contribution >= 4 is 16.4 Å². The monoisotopic (exact) mass is 270 g/mol. The summed E-state index contributed by atoms with van der Waals surface area (Å²) >= 11 is 0. The Bertz CT molecular complexity index is 989. The number of hydrogen-bond acceptors (Lipinski definition) is 1. The van der Waals surface area contributed by atoms with Crippen molar-refractivity contribution in [1.82, 2.24) is 5.10 Å². The molecule has 0 bridgehead atoms. The fraction of sp³-hybridized carbons (Fsp3) is 0. The van der Waals surface area contributed by atoms with Crippen molar-refractivity contribution in [3.63, 3.8) is 0 Å². The molecule has 0 fully saturated rings. The number of nitrogens with zero attached hydrogens (tertiary/aromatic N) is 2. The van der Waals surface area contributed by atoms with Gasteiger partial charge in [0.2, 0.25) is 11.7 Å². The van der Waals surface area contributed by atoms with E-state index in [9.17, 15) is 0 Å². The van der Waals surface area contributed by atoms with E-state index in [0.717, 1.165) is 22.2 Å². The highest BCUT2D eigenvalue weighted by Crippen LogP contribution is 2.25. The number of benzene rings is 2. The number of aromatic nitrogens is 2. The third-order valence-electron chi connectivity index (χ3n) is 3.74. The Balaban J connectivity index is 1.93. The maximum Gasteiger partial charge on any atom is 0.245 e. The molecule has 0 aliphatic rings. The Labute approximate surface area is 121 Å². The van der Waals surface area contributed by atoms with Crippen molar-refractivity contribution in [2.75, 3.05) is 0 Å². The molecule has 2 aromatic heterocycles. The van der Waals surface area contributed by atoms with Gasteiger partial charge in [-0.2, -0.15) is 10.4 Å². The van der Waals surface area contributed by atoms with Crippen molar-refractivity contribution < 1.29 is 4.52 Å². The summed E-state index contributed by atoms with van der Waals surface area (Å²) in [6.07, 6.45) is 2.01. The average Bonchev–Trinajstić information content (AvgIpc) is 2.93. The van der Waals surface area contributed by atoms with Gasteiger partial charge in [0, 0.05) is 12.1 Å². The Morgan fingerprint density at radius 1 is 0.905 bits per heavy atom. The average molecular weight is 270 g/mol. The summed E-state index contributed by atoms with van der Waals surface area (Å²) in [5.41, 5.74) is 5.22. The van der Waals surface area contributed by atoms with Crippen LogP contribution < -0.4 is 4.52 Å². The molecule has 2 heterocycles. The Morgan fingerprint density at radius 3 is 2.52 bits per heavy atom. The molecule has 3 heteroatoms. The second kappa shape index (κ2) is 4.46. The Hall–Kier alpha value is -3.12. The molecule has 0 aliphatic carbocycles. The molecule has 0 aliphatic heterocycles. The summed E-state index contributed by atoms with van der Waals surface area (Å²) in [4.78, 5) is 0. The van der Waals surface area contributed by atoms with Crippen LogP contribution in [0, 0.1) is 11.3 Å². The van der Waals surface area contributed by atoms with Crippen LogP contribution in [0.1, 0.15) is 5.56 Å². The molecule has 0 unspecified atom stereocenters. The Kier molecular flexibility index (Phi) is 2.48. The van der Waals surface area contributed by atoms with E-state index in [4.69, 9.17) is 5.26 Å². The highest BCUT2D eigenvalue weighted by Gasteiger charge is 2.11. The minimum Gasteiger partial charge on any atom is -0.192 e. The lowest BCUT2D eigenvalue weighted by molar-refractivity contribution is -0.574. The van der Waals surface area contributed by atoms with Crippen LogP contribution >= 0.6 is 0 Å². The van der Waals surface area contributed by atoms with Gasteiger partial charge in [0.1, 0.15) is 5.52 Å². The van der Waals surface area contributed by atoms with Gasteiger partial charge >= 0.3 is 0 Å². The maximum atomic E-state index is 8.87. The molecule has 0 spiro atoms. The molecular formula is C18H12N3+. The second-order valence-corrected chi connectivity index (χ2v) is 5.02. The SMILES string of the molecule is N#Cc1ccc(-c2ccc3[nH][n+]4ccccc4c3c2)cc1. The highest BCUT2D eigenvalue weighted by atomic mass is 15.2. The number of H-pyrrole nitrogens is 1. The van der Waals surface area contributed by atoms with Gasteiger partial charge in [0.25, 0.3) is 0 Å². The first-order valence-electron chi connectivity index (χ1n) is 6.78. The smallest absolute Gasteiger partial charge is 0.192 e. The van der Waals surface area contributed by atoms with Gasteiger partial charge < -0.3 is 0 Å². The Morgan fingerprint density at radius 2 is 1.71 bits per heavy atom. The van der Waals surface area contributed by atoms with Crippen molar-refractivity contribution in [1.29, 1.82) is 5.26 Å². The first kappa shape index (κ1) is 11.7. The fourth-order valence-electron chi connectivity index (χ4n) is 2.66. The van der Waals surface area contributed by atoms with Crippen molar-refractivity contribution in [2.24, 2.45) is 0 Å². The third-order valence-corrected chi connectivity index (χ3v) is 3.74. The number of rotatable bonds is 1. The van der Waals surface area contributed by atoms with Crippen LogP contribution in [0.5, 0.6) is 0 Å². The third kappa shape index (κ3) is 1.86. The summed E-state index contributed by atoms with van der Waals surface area (Å²) < 4.78 is 2.02. The van der Waals surface area contributed by atoms with E-state index in [1.165, 1.54) is 5.39 Å². The molecule has 2 aromatic carbocycles. The van der Waals surface area contributed by atoms with Crippen LogP contribution in [-0.2, 0) is 0 Å². The van der Waals surface area contributed by atoms with Crippen LogP contribution in [0.15, 0.2) is 66.9 Å². The van der Waals surface area contributed by atoms with E-state index < -0.39 is 0 Å². The molecule has 0 amide bonds. The van der Waals surface area contributed by atoms with Crippen molar-refractivity contribution in [3.05, 3.63) is 72.4 Å². The molecule has 98 valence electrons. The first-order chi connectivity index (χ1) is 10.3. The zero-order chi connectivity index (χ0) is 14.2. The lowest BCUT2D eigenvalue weighted by Crippen LogP contribution is -2.20. The highest BCUT2D eigenvalue weighted by molar-refractivity contribution is 5.94. The molecular weight excluding hydrogens is 258 g/mol. The predicted molar refractivity (Wildman–Crippen MR) is 81.6 cm³/mol. The van der Waals surface area contributed by atoms with Gasteiger partial charge in [0.05, 0.1) is 17.0 Å². The van der Waals surface area contributed by atoms with Gasteiger partial charge in [-0.25, -0.2) is 0 Å². The molecule has 3 nitrogen and oxygen atoms in total. The molecule has 4 rings (SSSR count). The number of pyridine rings is 1. The molecule has 21 heavy (non-hydrogen) atoms. The van der Waals surface area contributed by atoms with E-state index in [-0.39, 0.29) is 0 Å². The van der Waals surface area contributed by atoms with Crippen LogP contribution in [0.2, 0.25) is 0 Å².